The van der Waals surface area contributed by atoms with Crippen molar-refractivity contribution in [2.24, 2.45) is 0 Å². The number of hydrogen-bond acceptors (Lipinski definition) is 2. The van der Waals surface area contributed by atoms with Crippen molar-refractivity contribution in [1.82, 2.24) is 9.88 Å². The van der Waals surface area contributed by atoms with Crippen molar-refractivity contribution in [2.45, 2.75) is 71.5 Å². The molecule has 19 heavy (non-hydrogen) atoms. The van der Waals surface area contributed by atoms with Crippen molar-refractivity contribution in [3.8, 4) is 0 Å². The Morgan fingerprint density at radius 3 is 2.68 bits per heavy atom. The lowest BCUT2D eigenvalue weighted by atomic mass is 10.1. The van der Waals surface area contributed by atoms with E-state index in [1.54, 1.807) is 0 Å². The minimum Gasteiger partial charge on any atom is -0.312 e. The first-order chi connectivity index (χ1) is 9.13. The van der Waals surface area contributed by atoms with Crippen LogP contribution in [-0.2, 0) is 13.1 Å². The molecule has 3 nitrogen and oxygen atoms in total. The molecule has 1 N–H and O–H groups in total. The molecule has 1 fully saturated rings. The molecule has 2 rings (SSSR count). The Balaban J connectivity index is 2.22. The van der Waals surface area contributed by atoms with Gasteiger partial charge in [-0.25, -0.2) is 0 Å². The molecule has 0 radical (unpaired) electrons. The fraction of sp³-hybridized carbons (Fsp3) is 0.688. The van der Waals surface area contributed by atoms with E-state index in [4.69, 9.17) is 0 Å². The maximum atomic E-state index is 12.6. The molecule has 0 unspecified atom stereocenters. The number of aromatic nitrogens is 1. The van der Waals surface area contributed by atoms with Gasteiger partial charge < -0.3 is 9.88 Å². The smallest absolute Gasteiger partial charge is 0.255 e. The third-order valence-electron chi connectivity index (χ3n) is 3.77. The molecule has 0 saturated heterocycles. The molecule has 1 aromatic rings. The molecule has 0 atom stereocenters. The molecule has 1 heterocycles. The van der Waals surface area contributed by atoms with Gasteiger partial charge in [0, 0.05) is 30.4 Å². The van der Waals surface area contributed by atoms with Crippen molar-refractivity contribution >= 4 is 0 Å². The number of rotatable bonds is 7. The number of unbranched alkanes of at least 4 members (excludes halogenated alkanes) is 1. The van der Waals surface area contributed by atoms with E-state index in [1.165, 1.54) is 12.8 Å². The van der Waals surface area contributed by atoms with Crippen LogP contribution in [-0.4, -0.2) is 10.6 Å². The Hall–Kier alpha value is -1.09. The third-order valence-corrected chi connectivity index (χ3v) is 3.77. The molecule has 0 amide bonds. The Bertz CT molecular complexity index is 472. The minimum absolute atomic E-state index is 0.202. The predicted octanol–water partition coefficient (Wildman–Crippen LogP) is 3.02. The third kappa shape index (κ3) is 3.69. The van der Waals surface area contributed by atoms with E-state index in [0.717, 1.165) is 30.6 Å². The Kier molecular flexibility index (Phi) is 4.81. The SMILES string of the molecule is CCCCn1c(C(C)C)ccc(CNC2CC2)c1=O. The van der Waals surface area contributed by atoms with Gasteiger partial charge in [0.15, 0.2) is 0 Å². The summed E-state index contributed by atoms with van der Waals surface area (Å²) in [6, 6.07) is 4.79. The van der Waals surface area contributed by atoms with Gasteiger partial charge in [-0.15, -0.1) is 0 Å². The summed E-state index contributed by atoms with van der Waals surface area (Å²) < 4.78 is 1.98. The molecule has 1 aliphatic rings. The van der Waals surface area contributed by atoms with Gasteiger partial charge in [0.1, 0.15) is 0 Å². The molecule has 0 bridgehead atoms. The quantitative estimate of drug-likeness (QED) is 0.819. The summed E-state index contributed by atoms with van der Waals surface area (Å²) in [5.74, 6) is 0.398. The van der Waals surface area contributed by atoms with Crippen LogP contribution in [0.4, 0.5) is 0 Å². The van der Waals surface area contributed by atoms with Gasteiger partial charge in [0.05, 0.1) is 0 Å². The summed E-state index contributed by atoms with van der Waals surface area (Å²) in [4.78, 5) is 12.6. The molecular formula is C16H26N2O. The summed E-state index contributed by atoms with van der Waals surface area (Å²) in [5.41, 5.74) is 2.27. The van der Waals surface area contributed by atoms with Crippen LogP contribution in [0.5, 0.6) is 0 Å². The standard InChI is InChI=1S/C16H26N2O/c1-4-5-10-18-15(12(2)3)9-6-13(16(18)19)11-17-14-7-8-14/h6,9,12,14,17H,4-5,7-8,10-11H2,1-3H3. The van der Waals surface area contributed by atoms with E-state index in [2.05, 4.69) is 32.2 Å². The number of nitrogens with zero attached hydrogens (tertiary/aromatic N) is 1. The Morgan fingerprint density at radius 2 is 2.11 bits per heavy atom. The van der Waals surface area contributed by atoms with Crippen LogP contribution in [0.25, 0.3) is 0 Å². The normalized spacial score (nSPS) is 15.2. The number of nitrogens with one attached hydrogen (secondary N) is 1. The van der Waals surface area contributed by atoms with E-state index >= 15 is 0 Å². The van der Waals surface area contributed by atoms with E-state index in [0.29, 0.717) is 18.5 Å². The predicted molar refractivity (Wildman–Crippen MR) is 79.6 cm³/mol. The van der Waals surface area contributed by atoms with E-state index < -0.39 is 0 Å². The number of hydrogen-bond donors (Lipinski definition) is 1. The van der Waals surface area contributed by atoms with Gasteiger partial charge in [-0.05, 0) is 31.2 Å². The largest absolute Gasteiger partial charge is 0.312 e. The fourth-order valence-corrected chi connectivity index (χ4v) is 2.37. The van der Waals surface area contributed by atoms with E-state index in [-0.39, 0.29) is 5.56 Å². The van der Waals surface area contributed by atoms with Gasteiger partial charge in [0.25, 0.3) is 5.56 Å². The average molecular weight is 262 g/mol. The van der Waals surface area contributed by atoms with Crippen molar-refractivity contribution in [1.29, 1.82) is 0 Å². The zero-order valence-electron chi connectivity index (χ0n) is 12.4. The molecule has 0 aromatic carbocycles. The van der Waals surface area contributed by atoms with Crippen LogP contribution in [0, 0.1) is 0 Å². The summed E-state index contributed by atoms with van der Waals surface area (Å²) in [6.07, 6.45) is 4.70. The van der Waals surface area contributed by atoms with E-state index in [1.807, 2.05) is 10.6 Å². The Morgan fingerprint density at radius 1 is 1.37 bits per heavy atom. The topological polar surface area (TPSA) is 34.0 Å². The first-order valence-corrected chi connectivity index (χ1v) is 7.59. The van der Waals surface area contributed by atoms with Gasteiger partial charge in [-0.2, -0.15) is 0 Å². The van der Waals surface area contributed by atoms with Crippen LogP contribution in [0.3, 0.4) is 0 Å². The highest BCUT2D eigenvalue weighted by molar-refractivity contribution is 5.18. The zero-order chi connectivity index (χ0) is 13.8. The monoisotopic (exact) mass is 262 g/mol. The average Bonchev–Trinajstić information content (AvgIpc) is 3.19. The van der Waals surface area contributed by atoms with Gasteiger partial charge in [-0.1, -0.05) is 33.3 Å². The lowest BCUT2D eigenvalue weighted by Crippen LogP contribution is -2.30. The van der Waals surface area contributed by atoms with Crippen molar-refractivity contribution < 1.29 is 0 Å². The molecule has 1 saturated carbocycles. The van der Waals surface area contributed by atoms with Crippen LogP contribution < -0.4 is 10.9 Å². The second-order valence-corrected chi connectivity index (χ2v) is 5.90. The lowest BCUT2D eigenvalue weighted by molar-refractivity contribution is 0.560. The second kappa shape index (κ2) is 6.38. The van der Waals surface area contributed by atoms with Crippen molar-refractivity contribution in [3.05, 3.63) is 33.7 Å². The highest BCUT2D eigenvalue weighted by atomic mass is 16.1. The summed E-state index contributed by atoms with van der Waals surface area (Å²) >= 11 is 0. The minimum atomic E-state index is 0.202. The first-order valence-electron chi connectivity index (χ1n) is 7.59. The molecule has 0 aliphatic heterocycles. The lowest BCUT2D eigenvalue weighted by Gasteiger charge is -2.17. The van der Waals surface area contributed by atoms with Crippen LogP contribution in [0.15, 0.2) is 16.9 Å². The zero-order valence-corrected chi connectivity index (χ0v) is 12.4. The molecule has 1 aliphatic carbocycles. The van der Waals surface area contributed by atoms with Crippen molar-refractivity contribution in [2.75, 3.05) is 0 Å². The Labute approximate surface area is 116 Å². The van der Waals surface area contributed by atoms with Crippen LogP contribution in [0.2, 0.25) is 0 Å². The fourth-order valence-electron chi connectivity index (χ4n) is 2.37. The molecule has 106 valence electrons. The van der Waals surface area contributed by atoms with E-state index in [9.17, 15) is 4.79 Å². The highest BCUT2D eigenvalue weighted by Gasteiger charge is 2.21. The molecule has 3 heteroatoms. The second-order valence-electron chi connectivity index (χ2n) is 5.90. The summed E-state index contributed by atoms with van der Waals surface area (Å²) in [5, 5.41) is 3.43. The summed E-state index contributed by atoms with van der Waals surface area (Å²) in [7, 11) is 0. The van der Waals surface area contributed by atoms with Crippen LogP contribution >= 0.6 is 0 Å². The maximum Gasteiger partial charge on any atom is 0.255 e. The van der Waals surface area contributed by atoms with Crippen molar-refractivity contribution in [3.63, 3.8) is 0 Å². The van der Waals surface area contributed by atoms with Gasteiger partial charge in [-0.3, -0.25) is 4.79 Å². The highest BCUT2D eigenvalue weighted by Crippen LogP contribution is 2.19. The summed E-state index contributed by atoms with van der Waals surface area (Å²) in [6.45, 7) is 8.03. The molecule has 0 spiro atoms. The molecular weight excluding hydrogens is 236 g/mol. The van der Waals surface area contributed by atoms with Gasteiger partial charge >= 0.3 is 0 Å². The first kappa shape index (κ1) is 14.3. The molecule has 1 aromatic heterocycles. The number of pyridine rings is 1. The maximum absolute atomic E-state index is 12.6. The van der Waals surface area contributed by atoms with Crippen LogP contribution in [0.1, 0.15) is 63.6 Å². The van der Waals surface area contributed by atoms with Gasteiger partial charge in [0.2, 0.25) is 0 Å².